The van der Waals surface area contributed by atoms with E-state index in [1.165, 1.54) is 31.4 Å². The molecule has 0 saturated carbocycles. The average Bonchev–Trinajstić information content (AvgIpc) is 2.84. The van der Waals surface area contributed by atoms with Crippen LogP contribution in [-0.2, 0) is 0 Å². The number of piperazine rings is 1. The zero-order valence-corrected chi connectivity index (χ0v) is 18.6. The Morgan fingerprint density at radius 1 is 0.879 bits per heavy atom. The minimum absolute atomic E-state index is 0.0578. The highest BCUT2D eigenvalue weighted by Crippen LogP contribution is 2.31. The first-order chi connectivity index (χ1) is 16.0. The molecule has 1 N–H and O–H groups in total. The van der Waals surface area contributed by atoms with Crippen LogP contribution in [0.5, 0.6) is 11.5 Å². The SMILES string of the molecule is COc1cccc(C=CCN2CCN(C(c3ccc(F)cc3)c3ccc(F)cc3)CC2)c1O. The summed E-state index contributed by atoms with van der Waals surface area (Å²) in [5.41, 5.74) is 2.70. The molecule has 0 spiro atoms. The predicted octanol–water partition coefficient (Wildman–Crippen LogP) is 5.10. The van der Waals surface area contributed by atoms with E-state index in [4.69, 9.17) is 4.74 Å². The number of hydrogen-bond acceptors (Lipinski definition) is 4. The number of nitrogens with zero attached hydrogens (tertiary/aromatic N) is 2. The molecule has 4 rings (SSSR count). The highest BCUT2D eigenvalue weighted by atomic mass is 19.1. The molecule has 0 unspecified atom stereocenters. The molecule has 0 aromatic heterocycles. The van der Waals surface area contributed by atoms with Crippen LogP contribution in [0.2, 0.25) is 0 Å². The van der Waals surface area contributed by atoms with Crippen LogP contribution in [0.3, 0.4) is 0 Å². The summed E-state index contributed by atoms with van der Waals surface area (Å²) < 4.78 is 32.2. The Labute approximate surface area is 193 Å². The fourth-order valence-corrected chi connectivity index (χ4v) is 4.28. The number of hydrogen-bond donors (Lipinski definition) is 1. The maximum absolute atomic E-state index is 13.5. The van der Waals surface area contributed by atoms with Gasteiger partial charge in [-0.25, -0.2) is 8.78 Å². The molecular formula is C27H28F2N2O2. The average molecular weight is 451 g/mol. The maximum Gasteiger partial charge on any atom is 0.165 e. The van der Waals surface area contributed by atoms with Crippen molar-refractivity contribution in [3.63, 3.8) is 0 Å². The van der Waals surface area contributed by atoms with Crippen LogP contribution < -0.4 is 4.74 Å². The monoisotopic (exact) mass is 450 g/mol. The highest BCUT2D eigenvalue weighted by Gasteiger charge is 2.26. The molecule has 6 heteroatoms. The first-order valence-corrected chi connectivity index (χ1v) is 11.0. The molecule has 3 aromatic carbocycles. The van der Waals surface area contributed by atoms with E-state index in [0.717, 1.165) is 49.4 Å². The molecule has 0 radical (unpaired) electrons. The van der Waals surface area contributed by atoms with Crippen molar-refractivity contribution in [3.8, 4) is 11.5 Å². The van der Waals surface area contributed by atoms with Crippen molar-refractivity contribution >= 4 is 6.08 Å². The first-order valence-electron chi connectivity index (χ1n) is 11.0. The van der Waals surface area contributed by atoms with Crippen molar-refractivity contribution in [1.29, 1.82) is 0 Å². The lowest BCUT2D eigenvalue weighted by Crippen LogP contribution is -2.47. The summed E-state index contributed by atoms with van der Waals surface area (Å²) in [6.45, 7) is 4.16. The number of phenols is 1. The molecule has 0 aliphatic carbocycles. The molecule has 0 bridgehead atoms. The fraction of sp³-hybridized carbons (Fsp3) is 0.259. The Morgan fingerprint density at radius 2 is 1.45 bits per heavy atom. The molecule has 1 saturated heterocycles. The third kappa shape index (κ3) is 5.59. The number of aromatic hydroxyl groups is 1. The predicted molar refractivity (Wildman–Crippen MR) is 126 cm³/mol. The molecule has 0 atom stereocenters. The van der Waals surface area contributed by atoms with Crippen molar-refractivity contribution < 1.29 is 18.6 Å². The molecule has 1 aliphatic heterocycles. The standard InChI is InChI=1S/C27H28F2N2O2/c1-33-25-6-2-4-22(27(25)32)5-3-15-30-16-18-31(19-17-30)26(20-7-11-23(28)12-8-20)21-9-13-24(29)14-10-21/h2-14,26,32H,15-19H2,1H3. The van der Waals surface area contributed by atoms with Crippen molar-refractivity contribution in [2.24, 2.45) is 0 Å². The van der Waals surface area contributed by atoms with E-state index in [2.05, 4.69) is 9.80 Å². The molecule has 4 nitrogen and oxygen atoms in total. The van der Waals surface area contributed by atoms with Gasteiger partial charge in [0.25, 0.3) is 0 Å². The van der Waals surface area contributed by atoms with Crippen LogP contribution in [0.1, 0.15) is 22.7 Å². The van der Waals surface area contributed by atoms with Gasteiger partial charge in [-0.2, -0.15) is 0 Å². The molecule has 0 amide bonds. The quantitative estimate of drug-likeness (QED) is 0.543. The van der Waals surface area contributed by atoms with Crippen molar-refractivity contribution in [1.82, 2.24) is 9.80 Å². The summed E-state index contributed by atoms with van der Waals surface area (Å²) in [5, 5.41) is 10.2. The maximum atomic E-state index is 13.5. The normalized spacial score (nSPS) is 15.4. The van der Waals surface area contributed by atoms with Crippen molar-refractivity contribution in [3.05, 3.63) is 101 Å². The Bertz CT molecular complexity index is 1030. The van der Waals surface area contributed by atoms with Gasteiger partial charge in [-0.15, -0.1) is 0 Å². The lowest BCUT2D eigenvalue weighted by Gasteiger charge is -2.39. The summed E-state index contributed by atoms with van der Waals surface area (Å²) in [4.78, 5) is 4.70. The van der Waals surface area contributed by atoms with Gasteiger partial charge < -0.3 is 9.84 Å². The third-order valence-corrected chi connectivity index (χ3v) is 6.05. The first kappa shape index (κ1) is 23.0. The second kappa shape index (κ2) is 10.6. The summed E-state index contributed by atoms with van der Waals surface area (Å²) in [6, 6.07) is 18.5. The smallest absolute Gasteiger partial charge is 0.165 e. The van der Waals surface area contributed by atoms with Crippen LogP contribution in [-0.4, -0.2) is 54.7 Å². The Morgan fingerprint density at radius 3 is 2.00 bits per heavy atom. The van der Waals surface area contributed by atoms with E-state index in [-0.39, 0.29) is 23.4 Å². The number of halogens is 2. The van der Waals surface area contributed by atoms with Gasteiger partial charge in [0.2, 0.25) is 0 Å². The van der Waals surface area contributed by atoms with Gasteiger partial charge in [0.1, 0.15) is 11.6 Å². The topological polar surface area (TPSA) is 35.9 Å². The van der Waals surface area contributed by atoms with Crippen LogP contribution in [0.15, 0.2) is 72.8 Å². The molecule has 172 valence electrons. The second-order valence-electron chi connectivity index (χ2n) is 8.14. The van der Waals surface area contributed by atoms with Gasteiger partial charge in [-0.3, -0.25) is 9.80 Å². The molecule has 1 heterocycles. The number of para-hydroxylation sites is 1. The van der Waals surface area contributed by atoms with Gasteiger partial charge in [-0.1, -0.05) is 48.6 Å². The number of phenolic OH excluding ortho intramolecular Hbond substituents is 1. The van der Waals surface area contributed by atoms with E-state index >= 15 is 0 Å². The Balaban J connectivity index is 1.42. The van der Waals surface area contributed by atoms with Gasteiger partial charge in [0, 0.05) is 38.3 Å². The number of benzene rings is 3. The minimum atomic E-state index is -0.268. The lowest BCUT2D eigenvalue weighted by molar-refractivity contribution is 0.118. The van der Waals surface area contributed by atoms with Gasteiger partial charge >= 0.3 is 0 Å². The number of methoxy groups -OCH3 is 1. The van der Waals surface area contributed by atoms with E-state index in [1.54, 1.807) is 30.3 Å². The molecule has 3 aromatic rings. The van der Waals surface area contributed by atoms with Gasteiger partial charge in [-0.05, 0) is 41.5 Å². The summed E-state index contributed by atoms with van der Waals surface area (Å²) in [7, 11) is 1.53. The lowest BCUT2D eigenvalue weighted by atomic mass is 9.96. The van der Waals surface area contributed by atoms with E-state index in [0.29, 0.717) is 5.75 Å². The summed E-state index contributed by atoms with van der Waals surface area (Å²) >= 11 is 0. The second-order valence-corrected chi connectivity index (χ2v) is 8.14. The zero-order chi connectivity index (χ0) is 23.2. The van der Waals surface area contributed by atoms with Gasteiger partial charge in [0.05, 0.1) is 13.2 Å². The highest BCUT2D eigenvalue weighted by molar-refractivity contribution is 5.61. The van der Waals surface area contributed by atoms with Crippen molar-refractivity contribution in [2.45, 2.75) is 6.04 Å². The Hall–Kier alpha value is -3.22. The van der Waals surface area contributed by atoms with Crippen LogP contribution >= 0.6 is 0 Å². The third-order valence-electron chi connectivity index (χ3n) is 6.05. The van der Waals surface area contributed by atoms with E-state index < -0.39 is 0 Å². The molecule has 33 heavy (non-hydrogen) atoms. The zero-order valence-electron chi connectivity index (χ0n) is 18.6. The number of rotatable bonds is 7. The van der Waals surface area contributed by atoms with Crippen LogP contribution in [0.25, 0.3) is 6.08 Å². The molecule has 1 fully saturated rings. The van der Waals surface area contributed by atoms with Gasteiger partial charge in [0.15, 0.2) is 11.5 Å². The summed E-state index contributed by atoms with van der Waals surface area (Å²) in [6.07, 6.45) is 3.95. The van der Waals surface area contributed by atoms with Crippen molar-refractivity contribution in [2.75, 3.05) is 39.8 Å². The van der Waals surface area contributed by atoms with Crippen LogP contribution in [0.4, 0.5) is 8.78 Å². The van der Waals surface area contributed by atoms with E-state index in [1.807, 2.05) is 24.3 Å². The Kier molecular flexibility index (Phi) is 7.37. The van der Waals surface area contributed by atoms with Crippen LogP contribution in [0, 0.1) is 11.6 Å². The largest absolute Gasteiger partial charge is 0.504 e. The summed E-state index contributed by atoms with van der Waals surface area (Å²) in [5.74, 6) is 0.0615. The molecular weight excluding hydrogens is 422 g/mol. The molecule has 1 aliphatic rings. The van der Waals surface area contributed by atoms with E-state index in [9.17, 15) is 13.9 Å². The number of ether oxygens (including phenoxy) is 1. The minimum Gasteiger partial charge on any atom is -0.504 e. The fourth-order valence-electron chi connectivity index (χ4n) is 4.28.